The first-order chi connectivity index (χ1) is 7.84. The Hall–Kier alpha value is -1.20. The molecule has 0 radical (unpaired) electrons. The third-order valence-corrected chi connectivity index (χ3v) is 3.85. The molecule has 1 N–H and O–H groups in total. The van der Waals surface area contributed by atoms with Crippen LogP contribution < -0.4 is 5.32 Å². The van der Waals surface area contributed by atoms with Crippen molar-refractivity contribution >= 4 is 27.4 Å². The molecule has 0 amide bonds. The van der Waals surface area contributed by atoms with E-state index in [2.05, 4.69) is 22.2 Å². The van der Waals surface area contributed by atoms with Crippen LogP contribution in [0.5, 0.6) is 0 Å². The van der Waals surface area contributed by atoms with Gasteiger partial charge in [0.05, 0.1) is 22.4 Å². The summed E-state index contributed by atoms with van der Waals surface area (Å²) < 4.78 is 6.66. The minimum atomic E-state index is 0.255. The van der Waals surface area contributed by atoms with Gasteiger partial charge in [-0.3, -0.25) is 0 Å². The molecule has 1 saturated heterocycles. The van der Waals surface area contributed by atoms with E-state index in [9.17, 15) is 0 Å². The van der Waals surface area contributed by atoms with Crippen molar-refractivity contribution in [3.63, 3.8) is 0 Å². The van der Waals surface area contributed by atoms with Gasteiger partial charge in [0.25, 0.3) is 0 Å². The highest BCUT2D eigenvalue weighted by molar-refractivity contribution is 7.17. The van der Waals surface area contributed by atoms with E-state index in [1.165, 1.54) is 0 Å². The summed E-state index contributed by atoms with van der Waals surface area (Å²) in [6.45, 7) is 2.93. The molecule has 0 bridgehead atoms. The average Bonchev–Trinajstić information content (AvgIpc) is 2.89. The molecule has 0 aromatic carbocycles. The minimum Gasteiger partial charge on any atom is -0.376 e. The predicted octanol–water partition coefficient (Wildman–Crippen LogP) is 2.28. The highest BCUT2D eigenvalue weighted by atomic mass is 32.1. The van der Waals surface area contributed by atoms with E-state index in [0.717, 1.165) is 29.1 Å². The summed E-state index contributed by atoms with van der Waals surface area (Å²) >= 11 is 1.67. The van der Waals surface area contributed by atoms with E-state index in [-0.39, 0.29) is 6.10 Å². The van der Waals surface area contributed by atoms with Crippen molar-refractivity contribution in [3.05, 3.63) is 17.8 Å². The number of rotatable bonds is 2. The summed E-state index contributed by atoms with van der Waals surface area (Å²) in [7, 11) is 0. The Labute approximate surface area is 97.7 Å². The van der Waals surface area contributed by atoms with Gasteiger partial charge in [0.1, 0.15) is 12.1 Å². The van der Waals surface area contributed by atoms with Crippen LogP contribution in [0, 0.1) is 0 Å². The van der Waals surface area contributed by atoms with Crippen molar-refractivity contribution in [2.75, 3.05) is 11.9 Å². The van der Waals surface area contributed by atoms with Crippen LogP contribution in [0.1, 0.15) is 13.3 Å². The first-order valence-electron chi connectivity index (χ1n) is 5.41. The molecule has 4 nitrogen and oxygen atoms in total. The van der Waals surface area contributed by atoms with E-state index in [0.29, 0.717) is 6.04 Å². The van der Waals surface area contributed by atoms with Crippen LogP contribution in [0.25, 0.3) is 10.2 Å². The number of aromatic nitrogens is 2. The lowest BCUT2D eigenvalue weighted by Gasteiger charge is -2.16. The van der Waals surface area contributed by atoms with Crippen LogP contribution in [-0.4, -0.2) is 28.7 Å². The molecule has 0 saturated carbocycles. The largest absolute Gasteiger partial charge is 0.376 e. The molecule has 1 fully saturated rings. The lowest BCUT2D eigenvalue weighted by atomic mass is 10.1. The normalized spacial score (nSPS) is 25.1. The number of fused-ring (bicyclic) bond motifs is 1. The van der Waals surface area contributed by atoms with Gasteiger partial charge in [0.2, 0.25) is 0 Å². The van der Waals surface area contributed by atoms with Crippen molar-refractivity contribution in [1.82, 2.24) is 9.97 Å². The number of anilines is 1. The first-order valence-corrected chi connectivity index (χ1v) is 6.29. The van der Waals surface area contributed by atoms with Gasteiger partial charge in [0, 0.05) is 6.61 Å². The topological polar surface area (TPSA) is 47.0 Å². The Morgan fingerprint density at radius 1 is 1.50 bits per heavy atom. The van der Waals surface area contributed by atoms with Gasteiger partial charge in [-0.2, -0.15) is 0 Å². The van der Waals surface area contributed by atoms with Crippen LogP contribution in [0.4, 0.5) is 5.82 Å². The summed E-state index contributed by atoms with van der Waals surface area (Å²) in [5.74, 6) is 0.933. The van der Waals surface area contributed by atoms with Crippen molar-refractivity contribution in [2.24, 2.45) is 0 Å². The number of nitrogens with zero attached hydrogens (tertiary/aromatic N) is 2. The number of hydrogen-bond donors (Lipinski definition) is 1. The molecule has 0 spiro atoms. The smallest absolute Gasteiger partial charge is 0.147 e. The monoisotopic (exact) mass is 235 g/mol. The zero-order chi connectivity index (χ0) is 11.0. The van der Waals surface area contributed by atoms with Crippen molar-refractivity contribution in [1.29, 1.82) is 0 Å². The van der Waals surface area contributed by atoms with Gasteiger partial charge in [-0.25, -0.2) is 9.97 Å². The third kappa shape index (κ3) is 1.66. The molecule has 3 rings (SSSR count). The Kier molecular flexibility index (Phi) is 2.49. The molecule has 2 unspecified atom stereocenters. The van der Waals surface area contributed by atoms with E-state index in [1.54, 1.807) is 17.7 Å². The molecule has 2 aromatic heterocycles. The van der Waals surface area contributed by atoms with Gasteiger partial charge in [-0.1, -0.05) is 0 Å². The van der Waals surface area contributed by atoms with Gasteiger partial charge in [-0.05, 0) is 24.8 Å². The fourth-order valence-corrected chi connectivity index (χ4v) is 2.79. The second kappa shape index (κ2) is 3.99. The summed E-state index contributed by atoms with van der Waals surface area (Å²) in [5, 5.41) is 5.49. The van der Waals surface area contributed by atoms with Gasteiger partial charge in [0.15, 0.2) is 0 Å². The van der Waals surface area contributed by atoms with Gasteiger partial charge >= 0.3 is 0 Å². The Bertz CT molecular complexity index is 499. The molecular weight excluding hydrogens is 222 g/mol. The zero-order valence-electron chi connectivity index (χ0n) is 9.01. The van der Waals surface area contributed by atoms with Crippen LogP contribution in [0.3, 0.4) is 0 Å². The van der Waals surface area contributed by atoms with E-state index < -0.39 is 0 Å². The Balaban J connectivity index is 1.91. The fourth-order valence-electron chi connectivity index (χ4n) is 1.99. The Morgan fingerprint density at radius 2 is 2.44 bits per heavy atom. The van der Waals surface area contributed by atoms with Gasteiger partial charge < -0.3 is 10.1 Å². The number of nitrogens with one attached hydrogen (secondary N) is 1. The average molecular weight is 235 g/mol. The molecule has 2 aromatic rings. The highest BCUT2D eigenvalue weighted by Crippen LogP contribution is 2.27. The quantitative estimate of drug-likeness (QED) is 0.867. The molecular formula is C11H13N3OS. The van der Waals surface area contributed by atoms with Gasteiger partial charge in [-0.15, -0.1) is 11.3 Å². The number of thiophene rings is 1. The summed E-state index contributed by atoms with van der Waals surface area (Å²) in [4.78, 5) is 8.53. The summed E-state index contributed by atoms with van der Waals surface area (Å²) in [6, 6.07) is 2.38. The molecule has 0 aliphatic carbocycles. The summed E-state index contributed by atoms with van der Waals surface area (Å²) in [5.41, 5.74) is 1.01. The molecule has 84 valence electrons. The number of hydrogen-bond acceptors (Lipinski definition) is 5. The maximum absolute atomic E-state index is 5.53. The molecule has 1 aliphatic heterocycles. The van der Waals surface area contributed by atoms with Crippen molar-refractivity contribution in [2.45, 2.75) is 25.5 Å². The highest BCUT2D eigenvalue weighted by Gasteiger charge is 2.24. The van der Waals surface area contributed by atoms with E-state index in [1.807, 2.05) is 11.4 Å². The predicted molar refractivity (Wildman–Crippen MR) is 64.9 cm³/mol. The minimum absolute atomic E-state index is 0.255. The number of ether oxygens (including phenoxy) is 1. The lowest BCUT2D eigenvalue weighted by molar-refractivity contribution is 0.121. The first kappa shape index (κ1) is 9.99. The van der Waals surface area contributed by atoms with E-state index in [4.69, 9.17) is 4.74 Å². The maximum atomic E-state index is 5.53. The SMILES string of the molecule is CC1OCCC1Nc1ncnc2ccsc12. The molecule has 3 heterocycles. The standard InChI is InChI=1S/C11H13N3OS/c1-7-8(2-4-15-7)14-11-10-9(3-5-16-10)12-6-13-11/h3,5-8H,2,4H2,1H3,(H,12,13,14). The fraction of sp³-hybridized carbons (Fsp3) is 0.455. The van der Waals surface area contributed by atoms with Crippen LogP contribution >= 0.6 is 11.3 Å². The van der Waals surface area contributed by atoms with Crippen molar-refractivity contribution < 1.29 is 4.74 Å². The van der Waals surface area contributed by atoms with E-state index >= 15 is 0 Å². The Morgan fingerprint density at radius 3 is 3.25 bits per heavy atom. The lowest BCUT2D eigenvalue weighted by Crippen LogP contribution is -2.27. The molecule has 2 atom stereocenters. The second-order valence-electron chi connectivity index (χ2n) is 3.97. The van der Waals surface area contributed by atoms with Crippen LogP contribution in [-0.2, 0) is 4.74 Å². The third-order valence-electron chi connectivity index (χ3n) is 2.94. The molecule has 16 heavy (non-hydrogen) atoms. The molecule has 5 heteroatoms. The van der Waals surface area contributed by atoms with Crippen LogP contribution in [0.15, 0.2) is 17.8 Å². The maximum Gasteiger partial charge on any atom is 0.147 e. The van der Waals surface area contributed by atoms with Crippen molar-refractivity contribution in [3.8, 4) is 0 Å². The van der Waals surface area contributed by atoms with Crippen LogP contribution in [0.2, 0.25) is 0 Å². The second-order valence-corrected chi connectivity index (χ2v) is 4.89. The zero-order valence-corrected chi connectivity index (χ0v) is 9.83. The summed E-state index contributed by atoms with van der Waals surface area (Å²) in [6.07, 6.45) is 2.90. The molecule has 1 aliphatic rings.